The van der Waals surface area contributed by atoms with Gasteiger partial charge in [-0.2, -0.15) is 0 Å². The number of thiocarbonyl (C=S) groups is 1. The second-order valence-electron chi connectivity index (χ2n) is 7.33. The molecule has 5 nitrogen and oxygen atoms in total. The standard InChI is InChI=1S/C25H25N3O2S/c1-18-9-6-7-12-20(18)16-23(29)27-25(31)26-22-14-8-13-21(15-22)24(30)28(2)17-19-10-4-3-5-11-19/h3-15H,16-17H2,1-2H3,(H2,26,27,29,31). The average Bonchev–Trinajstić information content (AvgIpc) is 2.75. The smallest absolute Gasteiger partial charge is 0.253 e. The lowest BCUT2D eigenvalue weighted by Gasteiger charge is -2.18. The van der Waals surface area contributed by atoms with Gasteiger partial charge in [-0.1, -0.05) is 60.7 Å². The molecular weight excluding hydrogens is 406 g/mol. The topological polar surface area (TPSA) is 61.4 Å². The number of anilines is 1. The molecule has 2 amide bonds. The SMILES string of the molecule is Cc1ccccc1CC(=O)NC(=S)Nc1cccc(C(=O)N(C)Cc2ccccc2)c1. The Hall–Kier alpha value is -3.51. The molecule has 0 spiro atoms. The molecular formula is C25H25N3O2S. The van der Waals surface area contributed by atoms with Crippen LogP contribution in [0.1, 0.15) is 27.0 Å². The van der Waals surface area contributed by atoms with Crippen molar-refractivity contribution in [2.75, 3.05) is 12.4 Å². The zero-order valence-corrected chi connectivity index (χ0v) is 18.4. The molecule has 0 bridgehead atoms. The molecule has 3 rings (SSSR count). The lowest BCUT2D eigenvalue weighted by atomic mass is 10.1. The maximum Gasteiger partial charge on any atom is 0.253 e. The van der Waals surface area contributed by atoms with Crippen molar-refractivity contribution in [1.29, 1.82) is 0 Å². The van der Waals surface area contributed by atoms with Gasteiger partial charge >= 0.3 is 0 Å². The molecule has 0 aliphatic carbocycles. The summed E-state index contributed by atoms with van der Waals surface area (Å²) in [6, 6.07) is 24.6. The van der Waals surface area contributed by atoms with Gasteiger partial charge in [0.15, 0.2) is 5.11 Å². The van der Waals surface area contributed by atoms with Gasteiger partial charge in [0, 0.05) is 24.8 Å². The van der Waals surface area contributed by atoms with E-state index < -0.39 is 0 Å². The van der Waals surface area contributed by atoms with Crippen LogP contribution in [0.5, 0.6) is 0 Å². The van der Waals surface area contributed by atoms with E-state index in [-0.39, 0.29) is 23.3 Å². The van der Waals surface area contributed by atoms with Crippen molar-refractivity contribution in [1.82, 2.24) is 10.2 Å². The Bertz CT molecular complexity index is 1080. The summed E-state index contributed by atoms with van der Waals surface area (Å²) in [7, 11) is 1.77. The number of nitrogens with one attached hydrogen (secondary N) is 2. The first kappa shape index (κ1) is 22.2. The van der Waals surface area contributed by atoms with Gasteiger partial charge in [-0.3, -0.25) is 9.59 Å². The minimum Gasteiger partial charge on any atom is -0.337 e. The van der Waals surface area contributed by atoms with Gasteiger partial charge in [-0.05, 0) is 54.0 Å². The molecule has 0 aromatic heterocycles. The number of rotatable bonds is 6. The first-order chi connectivity index (χ1) is 14.9. The molecule has 0 unspecified atom stereocenters. The maximum atomic E-state index is 12.8. The first-order valence-corrected chi connectivity index (χ1v) is 10.4. The molecule has 0 aliphatic rings. The molecule has 0 aliphatic heterocycles. The van der Waals surface area contributed by atoms with Crippen molar-refractivity contribution in [2.45, 2.75) is 19.9 Å². The van der Waals surface area contributed by atoms with E-state index in [1.54, 1.807) is 36.2 Å². The summed E-state index contributed by atoms with van der Waals surface area (Å²) < 4.78 is 0. The fraction of sp³-hybridized carbons (Fsp3) is 0.160. The van der Waals surface area contributed by atoms with Crippen LogP contribution in [0.4, 0.5) is 5.69 Å². The van der Waals surface area contributed by atoms with Gasteiger partial charge in [0.05, 0.1) is 6.42 Å². The van der Waals surface area contributed by atoms with Crippen LogP contribution >= 0.6 is 12.2 Å². The molecule has 3 aromatic carbocycles. The van der Waals surface area contributed by atoms with E-state index in [1.807, 2.05) is 61.5 Å². The van der Waals surface area contributed by atoms with Gasteiger partial charge in [-0.15, -0.1) is 0 Å². The molecule has 6 heteroatoms. The summed E-state index contributed by atoms with van der Waals surface area (Å²) in [4.78, 5) is 26.8. The van der Waals surface area contributed by atoms with E-state index in [0.29, 0.717) is 17.8 Å². The Morgan fingerprint density at radius 1 is 0.935 bits per heavy atom. The number of hydrogen-bond acceptors (Lipinski definition) is 3. The van der Waals surface area contributed by atoms with Gasteiger partial charge in [0.1, 0.15) is 0 Å². The second kappa shape index (κ2) is 10.5. The predicted molar refractivity (Wildman–Crippen MR) is 128 cm³/mol. The van der Waals surface area contributed by atoms with Gasteiger partial charge in [-0.25, -0.2) is 0 Å². The Kier molecular flexibility index (Phi) is 7.51. The van der Waals surface area contributed by atoms with Crippen LogP contribution in [0, 0.1) is 6.92 Å². The van der Waals surface area contributed by atoms with Crippen LogP contribution in [0.15, 0.2) is 78.9 Å². The number of aryl methyl sites for hydroxylation is 1. The van der Waals surface area contributed by atoms with E-state index in [1.165, 1.54) is 0 Å². The van der Waals surface area contributed by atoms with Crippen LogP contribution in [0.25, 0.3) is 0 Å². The van der Waals surface area contributed by atoms with Gasteiger partial charge < -0.3 is 15.5 Å². The first-order valence-electron chi connectivity index (χ1n) is 9.97. The lowest BCUT2D eigenvalue weighted by Crippen LogP contribution is -2.35. The zero-order valence-electron chi connectivity index (χ0n) is 17.6. The zero-order chi connectivity index (χ0) is 22.2. The van der Waals surface area contributed by atoms with E-state index in [4.69, 9.17) is 12.2 Å². The summed E-state index contributed by atoms with van der Waals surface area (Å²) >= 11 is 5.27. The number of carbonyl (C=O) groups excluding carboxylic acids is 2. The largest absolute Gasteiger partial charge is 0.337 e. The highest BCUT2D eigenvalue weighted by atomic mass is 32.1. The quantitative estimate of drug-likeness (QED) is 0.571. The Labute approximate surface area is 188 Å². The normalized spacial score (nSPS) is 10.3. The Balaban J connectivity index is 1.58. The van der Waals surface area contributed by atoms with Crippen molar-refractivity contribution in [3.63, 3.8) is 0 Å². The maximum absolute atomic E-state index is 12.8. The number of benzene rings is 3. The third-order valence-electron chi connectivity index (χ3n) is 4.84. The summed E-state index contributed by atoms with van der Waals surface area (Å²) in [6.07, 6.45) is 0.247. The molecule has 2 N–H and O–H groups in total. The molecule has 0 saturated carbocycles. The minimum atomic E-state index is -0.193. The van der Waals surface area contributed by atoms with Crippen molar-refractivity contribution in [3.8, 4) is 0 Å². The summed E-state index contributed by atoms with van der Waals surface area (Å²) in [6.45, 7) is 2.49. The predicted octanol–water partition coefficient (Wildman–Crippen LogP) is 4.32. The van der Waals surface area contributed by atoms with Gasteiger partial charge in [0.25, 0.3) is 5.91 Å². The van der Waals surface area contributed by atoms with Crippen LogP contribution < -0.4 is 10.6 Å². The lowest BCUT2D eigenvalue weighted by molar-refractivity contribution is -0.119. The van der Waals surface area contributed by atoms with Crippen molar-refractivity contribution in [3.05, 3.63) is 101 Å². The molecule has 0 radical (unpaired) electrons. The number of nitrogens with zero attached hydrogens (tertiary/aromatic N) is 1. The fourth-order valence-electron chi connectivity index (χ4n) is 3.19. The highest BCUT2D eigenvalue weighted by Crippen LogP contribution is 2.14. The molecule has 3 aromatic rings. The van der Waals surface area contributed by atoms with E-state index in [9.17, 15) is 9.59 Å². The van der Waals surface area contributed by atoms with Crippen LogP contribution in [0.2, 0.25) is 0 Å². The van der Waals surface area contributed by atoms with E-state index in [2.05, 4.69) is 10.6 Å². The molecule has 0 saturated heterocycles. The third-order valence-corrected chi connectivity index (χ3v) is 5.05. The van der Waals surface area contributed by atoms with Crippen molar-refractivity contribution in [2.24, 2.45) is 0 Å². The molecule has 31 heavy (non-hydrogen) atoms. The third kappa shape index (κ3) is 6.49. The highest BCUT2D eigenvalue weighted by molar-refractivity contribution is 7.80. The summed E-state index contributed by atoms with van der Waals surface area (Å²) in [5.74, 6) is -0.288. The number of amides is 2. The summed E-state index contributed by atoms with van der Waals surface area (Å²) in [5.41, 5.74) is 4.25. The second-order valence-corrected chi connectivity index (χ2v) is 7.74. The molecule has 0 atom stereocenters. The fourth-order valence-corrected chi connectivity index (χ4v) is 3.43. The molecule has 0 heterocycles. The monoisotopic (exact) mass is 431 g/mol. The van der Waals surface area contributed by atoms with Crippen LogP contribution in [-0.2, 0) is 17.8 Å². The highest BCUT2D eigenvalue weighted by Gasteiger charge is 2.13. The average molecular weight is 432 g/mol. The van der Waals surface area contributed by atoms with Crippen molar-refractivity contribution >= 4 is 34.8 Å². The Morgan fingerprint density at radius 2 is 1.65 bits per heavy atom. The van der Waals surface area contributed by atoms with E-state index in [0.717, 1.165) is 16.7 Å². The van der Waals surface area contributed by atoms with Crippen LogP contribution in [0.3, 0.4) is 0 Å². The van der Waals surface area contributed by atoms with Crippen molar-refractivity contribution < 1.29 is 9.59 Å². The Morgan fingerprint density at radius 3 is 2.39 bits per heavy atom. The molecule has 158 valence electrons. The number of hydrogen-bond donors (Lipinski definition) is 2. The minimum absolute atomic E-state index is 0.0954. The molecule has 0 fully saturated rings. The van der Waals surface area contributed by atoms with E-state index >= 15 is 0 Å². The van der Waals surface area contributed by atoms with Crippen LogP contribution in [-0.4, -0.2) is 28.9 Å². The van der Waals surface area contributed by atoms with Gasteiger partial charge in [0.2, 0.25) is 5.91 Å². The summed E-state index contributed by atoms with van der Waals surface area (Å²) in [5, 5.41) is 5.88. The number of carbonyl (C=O) groups is 2.